The first kappa shape index (κ1) is 14.9. The van der Waals surface area contributed by atoms with Crippen LogP contribution in [0, 0.1) is 5.92 Å². The van der Waals surface area contributed by atoms with E-state index >= 15 is 0 Å². The molecule has 5 heteroatoms. The minimum atomic E-state index is -4.44. The maximum atomic E-state index is 12.9. The Hall–Kier alpha value is -1.52. The molecule has 1 aromatic rings. The number of hydrogen-bond donors (Lipinski definition) is 1. The summed E-state index contributed by atoms with van der Waals surface area (Å²) in [5, 5.41) is 2.41. The standard InChI is InChI=1S/C15H18F3NO/c1-3-5-9(2)8-11-10-6-4-7-12(15(16,17)18)13(10)19-14(11)20/h4,6-7,9,11H,3,5,8H2,1-2H3,(H,19,20). The number of halogens is 3. The van der Waals surface area contributed by atoms with E-state index in [0.29, 0.717) is 17.9 Å². The van der Waals surface area contributed by atoms with Gasteiger partial charge in [-0.15, -0.1) is 0 Å². The third-order valence-corrected chi connectivity index (χ3v) is 3.76. The third-order valence-electron chi connectivity index (χ3n) is 3.76. The number of amides is 1. The van der Waals surface area contributed by atoms with Gasteiger partial charge >= 0.3 is 6.18 Å². The number of rotatable bonds is 4. The van der Waals surface area contributed by atoms with Crippen molar-refractivity contribution in [3.63, 3.8) is 0 Å². The van der Waals surface area contributed by atoms with Gasteiger partial charge in [-0.1, -0.05) is 38.8 Å². The molecule has 2 unspecified atom stereocenters. The van der Waals surface area contributed by atoms with Gasteiger partial charge in [-0.2, -0.15) is 13.2 Å². The molecule has 1 aliphatic heterocycles. The minimum Gasteiger partial charge on any atom is -0.325 e. The molecule has 0 saturated heterocycles. The molecule has 20 heavy (non-hydrogen) atoms. The van der Waals surface area contributed by atoms with Crippen molar-refractivity contribution in [3.05, 3.63) is 29.3 Å². The highest BCUT2D eigenvalue weighted by Crippen LogP contribution is 2.44. The molecule has 0 spiro atoms. The van der Waals surface area contributed by atoms with Crippen molar-refractivity contribution in [2.24, 2.45) is 5.92 Å². The van der Waals surface area contributed by atoms with E-state index in [1.165, 1.54) is 6.07 Å². The molecule has 1 aliphatic rings. The van der Waals surface area contributed by atoms with Gasteiger partial charge in [0.1, 0.15) is 0 Å². The van der Waals surface area contributed by atoms with Gasteiger partial charge in [0.25, 0.3) is 0 Å². The monoisotopic (exact) mass is 285 g/mol. The zero-order valence-electron chi connectivity index (χ0n) is 11.6. The molecule has 1 amide bonds. The first-order chi connectivity index (χ1) is 9.34. The molecule has 110 valence electrons. The highest BCUT2D eigenvalue weighted by atomic mass is 19.4. The quantitative estimate of drug-likeness (QED) is 0.862. The molecule has 1 aromatic carbocycles. The zero-order valence-corrected chi connectivity index (χ0v) is 11.6. The van der Waals surface area contributed by atoms with Gasteiger partial charge in [0.05, 0.1) is 17.2 Å². The molecule has 2 atom stereocenters. The largest absolute Gasteiger partial charge is 0.418 e. The molecule has 2 rings (SSSR count). The maximum absolute atomic E-state index is 12.9. The van der Waals surface area contributed by atoms with Crippen molar-refractivity contribution < 1.29 is 18.0 Å². The lowest BCUT2D eigenvalue weighted by atomic mass is 9.88. The summed E-state index contributed by atoms with van der Waals surface area (Å²) in [6.45, 7) is 4.09. The molecule has 0 aromatic heterocycles. The van der Waals surface area contributed by atoms with E-state index in [1.54, 1.807) is 6.07 Å². The Morgan fingerprint density at radius 2 is 2.05 bits per heavy atom. The van der Waals surface area contributed by atoms with Crippen molar-refractivity contribution in [3.8, 4) is 0 Å². The topological polar surface area (TPSA) is 29.1 Å². The fourth-order valence-corrected chi connectivity index (χ4v) is 2.83. The Labute approximate surface area is 116 Å². The van der Waals surface area contributed by atoms with E-state index in [1.807, 2.05) is 6.92 Å². The van der Waals surface area contributed by atoms with Gasteiger partial charge < -0.3 is 5.32 Å². The molecule has 0 saturated carbocycles. The Morgan fingerprint density at radius 1 is 1.35 bits per heavy atom. The molecule has 0 fully saturated rings. The predicted molar refractivity (Wildman–Crippen MR) is 71.5 cm³/mol. The normalized spacial score (nSPS) is 19.6. The van der Waals surface area contributed by atoms with Crippen LogP contribution in [0.25, 0.3) is 0 Å². The summed E-state index contributed by atoms with van der Waals surface area (Å²) in [4.78, 5) is 12.0. The molecule has 1 heterocycles. The summed E-state index contributed by atoms with van der Waals surface area (Å²) >= 11 is 0. The van der Waals surface area contributed by atoms with Crippen molar-refractivity contribution in [2.45, 2.75) is 45.2 Å². The molecule has 0 aliphatic carbocycles. The molecule has 0 radical (unpaired) electrons. The average Bonchev–Trinajstić information content (AvgIpc) is 2.65. The molecular formula is C15H18F3NO. The Bertz CT molecular complexity index is 510. The molecular weight excluding hydrogens is 267 g/mol. The van der Waals surface area contributed by atoms with Crippen LogP contribution >= 0.6 is 0 Å². The van der Waals surface area contributed by atoms with Crippen LogP contribution in [0.1, 0.15) is 50.2 Å². The van der Waals surface area contributed by atoms with Gasteiger partial charge in [-0.25, -0.2) is 0 Å². The van der Waals surface area contributed by atoms with Crippen LogP contribution < -0.4 is 5.32 Å². The van der Waals surface area contributed by atoms with Gasteiger partial charge in [0, 0.05) is 0 Å². The number of fused-ring (bicyclic) bond motifs is 1. The van der Waals surface area contributed by atoms with Crippen LogP contribution in [0.2, 0.25) is 0 Å². The van der Waals surface area contributed by atoms with E-state index in [4.69, 9.17) is 0 Å². The van der Waals surface area contributed by atoms with Crippen LogP contribution in [-0.4, -0.2) is 5.91 Å². The minimum absolute atomic E-state index is 0.0568. The van der Waals surface area contributed by atoms with Crippen molar-refractivity contribution in [1.82, 2.24) is 0 Å². The van der Waals surface area contributed by atoms with Gasteiger partial charge in [-0.3, -0.25) is 4.79 Å². The number of carbonyl (C=O) groups excluding carboxylic acids is 1. The lowest BCUT2D eigenvalue weighted by molar-refractivity contribution is -0.136. The summed E-state index contributed by atoms with van der Waals surface area (Å²) in [7, 11) is 0. The summed E-state index contributed by atoms with van der Waals surface area (Å²) in [5.74, 6) is -0.468. The fraction of sp³-hybridized carbons (Fsp3) is 0.533. The number of anilines is 1. The van der Waals surface area contributed by atoms with E-state index in [2.05, 4.69) is 12.2 Å². The van der Waals surface area contributed by atoms with Crippen LogP contribution in [0.3, 0.4) is 0 Å². The highest BCUT2D eigenvalue weighted by Gasteiger charge is 2.40. The van der Waals surface area contributed by atoms with Crippen molar-refractivity contribution in [1.29, 1.82) is 0 Å². The SMILES string of the molecule is CCCC(C)CC1C(=O)Nc2c1cccc2C(F)(F)F. The second-order valence-corrected chi connectivity index (χ2v) is 5.44. The second-order valence-electron chi connectivity index (χ2n) is 5.44. The van der Waals surface area contributed by atoms with Gasteiger partial charge in [0.2, 0.25) is 5.91 Å². The smallest absolute Gasteiger partial charge is 0.325 e. The number of alkyl halides is 3. The Morgan fingerprint density at radius 3 is 2.65 bits per heavy atom. The van der Waals surface area contributed by atoms with Crippen LogP contribution in [-0.2, 0) is 11.0 Å². The summed E-state index contributed by atoms with van der Waals surface area (Å²) in [6.07, 6.45) is -1.88. The lowest BCUT2D eigenvalue weighted by Gasteiger charge is -2.15. The Kier molecular flexibility index (Phi) is 4.06. The molecule has 2 nitrogen and oxygen atoms in total. The number of nitrogens with one attached hydrogen (secondary N) is 1. The highest BCUT2D eigenvalue weighted by molar-refractivity contribution is 6.03. The number of carbonyl (C=O) groups is 1. The summed E-state index contributed by atoms with van der Waals surface area (Å²) < 4.78 is 38.8. The molecule has 0 bridgehead atoms. The fourth-order valence-electron chi connectivity index (χ4n) is 2.83. The summed E-state index contributed by atoms with van der Waals surface area (Å²) in [5.41, 5.74) is -0.333. The van der Waals surface area contributed by atoms with Gasteiger partial charge in [-0.05, 0) is 24.0 Å². The van der Waals surface area contributed by atoms with E-state index in [9.17, 15) is 18.0 Å². The zero-order chi connectivity index (χ0) is 14.9. The van der Waals surface area contributed by atoms with Gasteiger partial charge in [0.15, 0.2) is 0 Å². The lowest BCUT2D eigenvalue weighted by Crippen LogP contribution is -2.15. The Balaban J connectivity index is 2.32. The van der Waals surface area contributed by atoms with Crippen LogP contribution in [0.5, 0.6) is 0 Å². The van der Waals surface area contributed by atoms with Crippen molar-refractivity contribution >= 4 is 11.6 Å². The average molecular weight is 285 g/mol. The third kappa shape index (κ3) is 2.81. The number of hydrogen-bond acceptors (Lipinski definition) is 1. The van der Waals surface area contributed by atoms with Crippen LogP contribution in [0.15, 0.2) is 18.2 Å². The summed E-state index contributed by atoms with van der Waals surface area (Å²) in [6, 6.07) is 4.00. The number of para-hydroxylation sites is 1. The van der Waals surface area contributed by atoms with Crippen molar-refractivity contribution in [2.75, 3.05) is 5.32 Å². The first-order valence-electron chi connectivity index (χ1n) is 6.85. The number of benzene rings is 1. The second kappa shape index (κ2) is 5.46. The molecule has 1 N–H and O–H groups in total. The van der Waals surface area contributed by atoms with E-state index < -0.39 is 17.7 Å². The first-order valence-corrected chi connectivity index (χ1v) is 6.85. The predicted octanol–water partition coefficient (Wildman–Crippen LogP) is 4.57. The van der Waals surface area contributed by atoms with E-state index in [0.717, 1.165) is 18.9 Å². The maximum Gasteiger partial charge on any atom is 0.418 e. The van der Waals surface area contributed by atoms with E-state index in [-0.39, 0.29) is 11.6 Å². The van der Waals surface area contributed by atoms with Crippen LogP contribution in [0.4, 0.5) is 18.9 Å².